The van der Waals surface area contributed by atoms with Crippen molar-refractivity contribution >= 4 is 10.1 Å². The lowest BCUT2D eigenvalue weighted by molar-refractivity contribution is -1.02. The fraction of sp³-hybridized carbons (Fsp3) is 0.667. The summed E-state index contributed by atoms with van der Waals surface area (Å²) in [6.45, 7) is 7.66. The van der Waals surface area contributed by atoms with E-state index in [2.05, 4.69) is 14.1 Å². The zero-order valence-electron chi connectivity index (χ0n) is 15.9. The van der Waals surface area contributed by atoms with Gasteiger partial charge in [0, 0.05) is 6.42 Å². The van der Waals surface area contributed by atoms with Crippen LogP contribution in [-0.4, -0.2) is 87.7 Å². The molecular formula is C18H31FN2O4S+2. The number of nitrogens with zero attached hydrogens (tertiary/aromatic N) is 2. The molecule has 1 fully saturated rings. The minimum atomic E-state index is -3.88. The van der Waals surface area contributed by atoms with Gasteiger partial charge in [-0.15, -0.1) is 0 Å². The van der Waals surface area contributed by atoms with Crippen LogP contribution in [0.2, 0.25) is 0 Å². The summed E-state index contributed by atoms with van der Waals surface area (Å²) in [4.78, 5) is 0. The van der Waals surface area contributed by atoms with Crippen molar-refractivity contribution in [3.8, 4) is 5.75 Å². The van der Waals surface area contributed by atoms with Gasteiger partial charge >= 0.3 is 0 Å². The van der Waals surface area contributed by atoms with Gasteiger partial charge in [0.15, 0.2) is 11.6 Å². The van der Waals surface area contributed by atoms with Crippen LogP contribution in [0.3, 0.4) is 0 Å². The minimum absolute atomic E-state index is 0.178. The van der Waals surface area contributed by atoms with Gasteiger partial charge in [0.25, 0.3) is 10.1 Å². The molecule has 1 aromatic carbocycles. The SMILES string of the molecule is Cc1ccc(OCC[N+]2(C)CC[N+](C)(CCCS(=O)(=O)O)CC2)c(F)c1. The van der Waals surface area contributed by atoms with Gasteiger partial charge in [0.2, 0.25) is 0 Å². The molecule has 0 amide bonds. The molecule has 0 atom stereocenters. The highest BCUT2D eigenvalue weighted by Crippen LogP contribution is 2.20. The van der Waals surface area contributed by atoms with Crippen LogP contribution in [0.1, 0.15) is 12.0 Å². The topological polar surface area (TPSA) is 63.6 Å². The molecule has 1 aromatic rings. The molecule has 1 aliphatic heterocycles. The number of likely N-dealkylation sites (N-methyl/N-ethyl adjacent to an activating group) is 2. The van der Waals surface area contributed by atoms with Crippen LogP contribution >= 0.6 is 0 Å². The van der Waals surface area contributed by atoms with Crippen molar-refractivity contribution < 1.29 is 31.1 Å². The van der Waals surface area contributed by atoms with Gasteiger partial charge in [-0.05, 0) is 24.6 Å². The van der Waals surface area contributed by atoms with E-state index in [1.807, 2.05) is 13.0 Å². The zero-order valence-corrected chi connectivity index (χ0v) is 16.8. The summed E-state index contributed by atoms with van der Waals surface area (Å²) in [6, 6.07) is 4.98. The van der Waals surface area contributed by atoms with Gasteiger partial charge in [-0.25, -0.2) is 4.39 Å². The summed E-state index contributed by atoms with van der Waals surface area (Å²) in [5.74, 6) is -0.206. The van der Waals surface area contributed by atoms with E-state index < -0.39 is 10.1 Å². The molecule has 2 rings (SSSR count). The summed E-state index contributed by atoms with van der Waals surface area (Å²) in [6.07, 6.45) is 0.467. The first kappa shape index (κ1) is 21.1. The van der Waals surface area contributed by atoms with Crippen molar-refractivity contribution in [2.45, 2.75) is 13.3 Å². The highest BCUT2D eigenvalue weighted by molar-refractivity contribution is 7.85. The molecule has 0 aliphatic carbocycles. The Morgan fingerprint density at radius 3 is 2.23 bits per heavy atom. The Labute approximate surface area is 156 Å². The van der Waals surface area contributed by atoms with Crippen LogP contribution in [-0.2, 0) is 10.1 Å². The lowest BCUT2D eigenvalue weighted by Crippen LogP contribution is -2.64. The van der Waals surface area contributed by atoms with Gasteiger partial charge < -0.3 is 13.7 Å². The van der Waals surface area contributed by atoms with Crippen LogP contribution in [0.25, 0.3) is 0 Å². The van der Waals surface area contributed by atoms with E-state index in [1.54, 1.807) is 6.07 Å². The van der Waals surface area contributed by atoms with Crippen molar-refractivity contribution in [2.75, 3.05) is 65.7 Å². The monoisotopic (exact) mass is 390 g/mol. The number of hydrogen-bond donors (Lipinski definition) is 1. The van der Waals surface area contributed by atoms with Crippen LogP contribution in [0.5, 0.6) is 5.75 Å². The van der Waals surface area contributed by atoms with Crippen LogP contribution in [0.4, 0.5) is 4.39 Å². The summed E-state index contributed by atoms with van der Waals surface area (Å²) in [5, 5.41) is 0. The van der Waals surface area contributed by atoms with Crippen LogP contribution in [0.15, 0.2) is 18.2 Å². The number of aryl methyl sites for hydroxylation is 1. The van der Waals surface area contributed by atoms with Gasteiger partial charge in [-0.1, -0.05) is 6.07 Å². The number of ether oxygens (including phenoxy) is 1. The van der Waals surface area contributed by atoms with Gasteiger partial charge in [-0.2, -0.15) is 8.42 Å². The van der Waals surface area contributed by atoms with E-state index in [0.29, 0.717) is 18.8 Å². The third-order valence-electron chi connectivity index (χ3n) is 5.44. The Bertz CT molecular complexity index is 716. The van der Waals surface area contributed by atoms with Crippen molar-refractivity contribution in [1.82, 2.24) is 0 Å². The molecule has 1 heterocycles. The summed E-state index contributed by atoms with van der Waals surface area (Å²) >= 11 is 0. The second-order valence-corrected chi connectivity index (χ2v) is 9.57. The molecule has 1 saturated heterocycles. The fourth-order valence-electron chi connectivity index (χ4n) is 3.36. The second kappa shape index (κ2) is 8.21. The molecule has 0 aromatic heterocycles. The van der Waals surface area contributed by atoms with E-state index in [-0.39, 0.29) is 11.6 Å². The number of benzene rings is 1. The Hall–Kier alpha value is -1.22. The fourth-order valence-corrected chi connectivity index (χ4v) is 3.86. The molecule has 0 spiro atoms. The molecule has 0 saturated carbocycles. The van der Waals surface area contributed by atoms with Gasteiger partial charge in [-0.3, -0.25) is 4.55 Å². The summed E-state index contributed by atoms with van der Waals surface area (Å²) < 4.78 is 51.7. The molecule has 0 bridgehead atoms. The lowest BCUT2D eigenvalue weighted by Gasteiger charge is -2.46. The van der Waals surface area contributed by atoms with Gasteiger partial charge in [0.1, 0.15) is 39.3 Å². The Balaban J connectivity index is 1.78. The van der Waals surface area contributed by atoms with Crippen molar-refractivity contribution in [2.24, 2.45) is 0 Å². The number of halogens is 1. The first-order chi connectivity index (χ1) is 12.0. The van der Waals surface area contributed by atoms with Gasteiger partial charge in [0.05, 0.1) is 26.4 Å². The van der Waals surface area contributed by atoms with Crippen LogP contribution in [0, 0.1) is 12.7 Å². The largest absolute Gasteiger partial charge is 0.485 e. The maximum atomic E-state index is 13.8. The highest BCUT2D eigenvalue weighted by atomic mass is 32.2. The highest BCUT2D eigenvalue weighted by Gasteiger charge is 2.36. The molecular weight excluding hydrogens is 359 g/mol. The van der Waals surface area contributed by atoms with E-state index in [4.69, 9.17) is 9.29 Å². The molecule has 26 heavy (non-hydrogen) atoms. The molecule has 148 valence electrons. The maximum Gasteiger partial charge on any atom is 0.265 e. The third kappa shape index (κ3) is 6.50. The van der Waals surface area contributed by atoms with E-state index in [1.165, 1.54) is 6.07 Å². The zero-order chi connectivity index (χ0) is 19.4. The summed E-state index contributed by atoms with van der Waals surface area (Å²) in [5.41, 5.74) is 0.871. The third-order valence-corrected chi connectivity index (χ3v) is 6.24. The Kier molecular flexibility index (Phi) is 6.65. The standard InChI is InChI=1S/C18H30FN2O4S/c1-16-5-6-18(17(19)15-16)25-13-12-21(3)10-8-20(2,9-11-21)7-4-14-26(22,23)24/h5-6,15H,4,7-14H2,1-3H3/q+1/p+1. The molecule has 6 nitrogen and oxygen atoms in total. The Morgan fingerprint density at radius 1 is 1.12 bits per heavy atom. The van der Waals surface area contributed by atoms with Crippen molar-refractivity contribution in [1.29, 1.82) is 0 Å². The molecule has 1 aliphatic rings. The quantitative estimate of drug-likeness (QED) is 0.542. The lowest BCUT2D eigenvalue weighted by atomic mass is 10.2. The molecule has 8 heteroatoms. The summed E-state index contributed by atoms with van der Waals surface area (Å²) in [7, 11) is 0.427. The predicted octanol–water partition coefficient (Wildman–Crippen LogP) is 1.70. The Morgan fingerprint density at radius 2 is 1.69 bits per heavy atom. The average molecular weight is 391 g/mol. The number of quaternary nitrogens is 2. The number of piperazine rings is 1. The minimum Gasteiger partial charge on any atom is -0.485 e. The number of rotatable bonds is 8. The van der Waals surface area contributed by atoms with Crippen LogP contribution < -0.4 is 4.74 Å². The molecule has 1 N–H and O–H groups in total. The maximum absolute atomic E-state index is 13.8. The van der Waals surface area contributed by atoms with E-state index >= 15 is 0 Å². The van der Waals surface area contributed by atoms with Crippen molar-refractivity contribution in [3.05, 3.63) is 29.6 Å². The smallest absolute Gasteiger partial charge is 0.265 e. The number of hydrogen-bond acceptors (Lipinski definition) is 3. The van der Waals surface area contributed by atoms with Crippen molar-refractivity contribution in [3.63, 3.8) is 0 Å². The predicted molar refractivity (Wildman–Crippen MR) is 99.2 cm³/mol. The normalized spacial score (nSPS) is 26.7. The first-order valence-corrected chi connectivity index (χ1v) is 10.6. The van der Waals surface area contributed by atoms with E-state index in [9.17, 15) is 12.8 Å². The first-order valence-electron chi connectivity index (χ1n) is 9.02. The molecule has 0 unspecified atom stereocenters. The second-order valence-electron chi connectivity index (χ2n) is 8.00. The average Bonchev–Trinajstić information content (AvgIpc) is 2.52. The van der Waals surface area contributed by atoms with E-state index in [0.717, 1.165) is 53.8 Å². The molecule has 0 radical (unpaired) electrons.